The molecule has 1 aliphatic rings. The standard InChI is InChI=1S/C24H20BF3NO4/c1-14-15(11-23(30)31)10-16(12-22(14)25(26,27)28)29-24(32)33-13-21-19-8-4-2-6-17(19)18-7-3-5-9-20(18)21/h2-10,12,21H,11,13H2,1H3,(H,29,32)(H,30,31)/q-1. The smallest absolute Gasteiger partial charge is 0.481 e. The Bertz CT molecular complexity index is 1200. The molecule has 1 aliphatic carbocycles. The van der Waals surface area contributed by atoms with E-state index in [4.69, 9.17) is 9.84 Å². The number of hydrogen-bond donors (Lipinski definition) is 2. The number of carbonyl (C=O) groups is 2. The highest BCUT2D eigenvalue weighted by atomic mass is 19.4. The minimum Gasteiger partial charge on any atom is -0.481 e. The Morgan fingerprint density at radius 3 is 2.12 bits per heavy atom. The van der Waals surface area contributed by atoms with Crippen LogP contribution in [0, 0.1) is 6.92 Å². The summed E-state index contributed by atoms with van der Waals surface area (Å²) in [5.41, 5.74) is 2.83. The fourth-order valence-corrected chi connectivity index (χ4v) is 4.31. The highest BCUT2D eigenvalue weighted by Crippen LogP contribution is 2.44. The van der Waals surface area contributed by atoms with Crippen LogP contribution in [0.3, 0.4) is 0 Å². The van der Waals surface area contributed by atoms with Gasteiger partial charge in [-0.15, -0.1) is 5.46 Å². The quantitative estimate of drug-likeness (QED) is 0.512. The molecule has 0 fully saturated rings. The first-order valence-electron chi connectivity index (χ1n) is 10.3. The Kier molecular flexibility index (Phi) is 5.89. The van der Waals surface area contributed by atoms with E-state index in [2.05, 4.69) is 5.32 Å². The molecule has 4 rings (SSSR count). The van der Waals surface area contributed by atoms with Gasteiger partial charge in [-0.05, 0) is 40.8 Å². The van der Waals surface area contributed by atoms with Gasteiger partial charge in [-0.1, -0.05) is 60.2 Å². The monoisotopic (exact) mass is 454 g/mol. The van der Waals surface area contributed by atoms with E-state index in [-0.39, 0.29) is 29.3 Å². The van der Waals surface area contributed by atoms with Crippen molar-refractivity contribution in [2.75, 3.05) is 11.9 Å². The maximum atomic E-state index is 13.5. The minimum absolute atomic E-state index is 0.00374. The summed E-state index contributed by atoms with van der Waals surface area (Å²) in [4.78, 5) is 23.5. The maximum Gasteiger partial charge on any atom is 0.509 e. The summed E-state index contributed by atoms with van der Waals surface area (Å²) >= 11 is 0. The average Bonchev–Trinajstić information content (AvgIpc) is 3.07. The van der Waals surface area contributed by atoms with Crippen LogP contribution in [-0.4, -0.2) is 30.8 Å². The van der Waals surface area contributed by atoms with Gasteiger partial charge in [-0.3, -0.25) is 10.1 Å². The Hall–Kier alpha value is -3.75. The summed E-state index contributed by atoms with van der Waals surface area (Å²) in [5.74, 6) is -1.46. The van der Waals surface area contributed by atoms with E-state index in [1.165, 1.54) is 13.0 Å². The third-order valence-corrected chi connectivity index (χ3v) is 5.84. The summed E-state index contributed by atoms with van der Waals surface area (Å²) in [6.45, 7) is -4.17. The van der Waals surface area contributed by atoms with E-state index in [9.17, 15) is 22.5 Å². The number of carboxylic acid groups (broad SMARTS) is 1. The molecule has 33 heavy (non-hydrogen) atoms. The summed E-state index contributed by atoms with van der Waals surface area (Å²) in [6, 6.07) is 17.6. The van der Waals surface area contributed by atoms with Crippen molar-refractivity contribution >= 4 is 30.2 Å². The summed E-state index contributed by atoms with van der Waals surface area (Å²) < 4.78 is 45.8. The zero-order valence-corrected chi connectivity index (χ0v) is 17.6. The average molecular weight is 454 g/mol. The van der Waals surface area contributed by atoms with Crippen molar-refractivity contribution in [2.24, 2.45) is 0 Å². The van der Waals surface area contributed by atoms with Gasteiger partial charge in [0.15, 0.2) is 0 Å². The van der Waals surface area contributed by atoms with E-state index in [0.29, 0.717) is 0 Å². The molecule has 0 saturated carbocycles. The molecule has 0 aromatic heterocycles. The van der Waals surface area contributed by atoms with Gasteiger partial charge in [0.25, 0.3) is 0 Å². The molecule has 9 heteroatoms. The molecule has 0 atom stereocenters. The van der Waals surface area contributed by atoms with E-state index in [1.54, 1.807) is 0 Å². The number of ether oxygens (including phenoxy) is 1. The highest BCUT2D eigenvalue weighted by molar-refractivity contribution is 6.74. The number of benzene rings is 3. The van der Waals surface area contributed by atoms with Gasteiger partial charge < -0.3 is 22.8 Å². The first-order valence-corrected chi connectivity index (χ1v) is 10.3. The van der Waals surface area contributed by atoms with E-state index >= 15 is 0 Å². The summed E-state index contributed by atoms with van der Waals surface area (Å²) in [7, 11) is 0. The molecule has 3 aromatic rings. The van der Waals surface area contributed by atoms with Crippen LogP contribution in [0.2, 0.25) is 0 Å². The van der Waals surface area contributed by atoms with Gasteiger partial charge in [-0.25, -0.2) is 4.79 Å². The number of hydrogen-bond acceptors (Lipinski definition) is 3. The van der Waals surface area contributed by atoms with E-state index < -0.39 is 30.9 Å². The number of carbonyl (C=O) groups excluding carboxylic acids is 1. The van der Waals surface area contributed by atoms with Crippen LogP contribution in [0.4, 0.5) is 23.4 Å². The predicted octanol–water partition coefficient (Wildman–Crippen LogP) is 5.04. The maximum absolute atomic E-state index is 13.5. The lowest BCUT2D eigenvalue weighted by Gasteiger charge is -2.22. The number of rotatable bonds is 6. The number of aliphatic carboxylic acids is 1. The molecule has 1 amide bonds. The molecule has 5 nitrogen and oxygen atoms in total. The van der Waals surface area contributed by atoms with Crippen LogP contribution in [0.1, 0.15) is 28.2 Å². The number of anilines is 1. The minimum atomic E-state index is -5.40. The third kappa shape index (κ3) is 4.57. The second-order valence-corrected chi connectivity index (χ2v) is 7.95. The van der Waals surface area contributed by atoms with Crippen molar-refractivity contribution in [1.82, 2.24) is 0 Å². The van der Waals surface area contributed by atoms with Crippen LogP contribution < -0.4 is 10.8 Å². The highest BCUT2D eigenvalue weighted by Gasteiger charge is 2.30. The molecule has 0 saturated heterocycles. The first kappa shape index (κ1) is 22.4. The number of fused-ring (bicyclic) bond motifs is 3. The van der Waals surface area contributed by atoms with Crippen LogP contribution in [-0.2, 0) is 16.0 Å². The SMILES string of the molecule is Cc1c(CC(=O)O)cc(NC(=O)OCC2c3ccccc3-c3ccccc32)cc1[B-](F)(F)F. The molecule has 0 bridgehead atoms. The van der Waals surface area contributed by atoms with Crippen LogP contribution in [0.25, 0.3) is 11.1 Å². The number of carboxylic acids is 1. The zero-order valence-electron chi connectivity index (χ0n) is 17.6. The Morgan fingerprint density at radius 2 is 1.58 bits per heavy atom. The van der Waals surface area contributed by atoms with Crippen LogP contribution in [0.15, 0.2) is 60.7 Å². The van der Waals surface area contributed by atoms with Crippen molar-refractivity contribution in [3.8, 4) is 11.1 Å². The Morgan fingerprint density at radius 1 is 1.00 bits per heavy atom. The molecule has 2 N–H and O–H groups in total. The molecular formula is C24H20BF3NO4-. The van der Waals surface area contributed by atoms with Gasteiger partial charge in [0, 0.05) is 11.6 Å². The molecular weight excluding hydrogens is 434 g/mol. The molecule has 0 radical (unpaired) electrons. The van der Waals surface area contributed by atoms with Crippen molar-refractivity contribution < 1.29 is 32.4 Å². The Balaban J connectivity index is 1.54. The van der Waals surface area contributed by atoms with Gasteiger partial charge >= 0.3 is 19.0 Å². The second kappa shape index (κ2) is 8.65. The summed E-state index contributed by atoms with van der Waals surface area (Å²) in [5, 5.41) is 11.4. The number of amides is 1. The van der Waals surface area contributed by atoms with Crippen LogP contribution >= 0.6 is 0 Å². The fraction of sp³-hybridized carbons (Fsp3) is 0.167. The molecule has 170 valence electrons. The summed E-state index contributed by atoms with van der Waals surface area (Å²) in [6.07, 6.45) is -1.51. The molecule has 0 unspecified atom stereocenters. The predicted molar refractivity (Wildman–Crippen MR) is 120 cm³/mol. The van der Waals surface area contributed by atoms with Gasteiger partial charge in [0.05, 0.1) is 6.42 Å². The third-order valence-electron chi connectivity index (χ3n) is 5.84. The van der Waals surface area contributed by atoms with Gasteiger partial charge in [0.2, 0.25) is 0 Å². The molecule has 0 heterocycles. The second-order valence-electron chi connectivity index (χ2n) is 7.95. The van der Waals surface area contributed by atoms with Gasteiger partial charge in [-0.2, -0.15) is 0 Å². The lowest BCUT2D eigenvalue weighted by molar-refractivity contribution is -0.136. The lowest BCUT2D eigenvalue weighted by atomic mass is 9.75. The van der Waals surface area contributed by atoms with Gasteiger partial charge in [0.1, 0.15) is 6.61 Å². The van der Waals surface area contributed by atoms with Crippen LogP contribution in [0.5, 0.6) is 0 Å². The topological polar surface area (TPSA) is 75.6 Å². The molecule has 0 aliphatic heterocycles. The van der Waals surface area contributed by atoms with Crippen molar-refractivity contribution in [3.63, 3.8) is 0 Å². The van der Waals surface area contributed by atoms with Crippen molar-refractivity contribution in [3.05, 3.63) is 82.9 Å². The fourth-order valence-electron chi connectivity index (χ4n) is 4.31. The first-order chi connectivity index (χ1) is 15.6. The lowest BCUT2D eigenvalue weighted by Crippen LogP contribution is -2.37. The van der Waals surface area contributed by atoms with Crippen molar-refractivity contribution in [1.29, 1.82) is 0 Å². The largest absolute Gasteiger partial charge is 0.509 e. The van der Waals surface area contributed by atoms with E-state index in [0.717, 1.165) is 28.3 Å². The Labute approximate surface area is 188 Å². The molecule has 3 aromatic carbocycles. The van der Waals surface area contributed by atoms with E-state index in [1.807, 2.05) is 48.5 Å². The number of halogens is 3. The normalized spacial score (nSPS) is 12.7. The number of nitrogens with one attached hydrogen (secondary N) is 1. The van der Waals surface area contributed by atoms with Crippen molar-refractivity contribution in [2.45, 2.75) is 19.3 Å². The molecule has 0 spiro atoms. The zero-order chi connectivity index (χ0) is 23.8.